The third kappa shape index (κ3) is 5.56. The van der Waals surface area contributed by atoms with Crippen LogP contribution in [0.2, 0.25) is 0 Å². The normalized spacial score (nSPS) is 12.6. The molecule has 8 heteroatoms. The van der Waals surface area contributed by atoms with Gasteiger partial charge >= 0.3 is 0 Å². The molecule has 1 unspecified atom stereocenters. The fourth-order valence-electron chi connectivity index (χ4n) is 3.00. The van der Waals surface area contributed by atoms with Crippen LogP contribution in [-0.2, 0) is 16.4 Å². The fraction of sp³-hybridized carbons (Fsp3) is 0.381. The zero-order valence-corrected chi connectivity index (χ0v) is 18.3. The maximum Gasteiger partial charge on any atom is 0.251 e. The molecule has 0 bridgehead atoms. The number of hydrogen-bond acceptors (Lipinski definition) is 5. The summed E-state index contributed by atoms with van der Waals surface area (Å²) in [6.07, 6.45) is 0.971. The maximum atomic E-state index is 12.7. The van der Waals surface area contributed by atoms with E-state index < -0.39 is 10.0 Å². The number of nitrogens with one attached hydrogen (secondary N) is 2. The van der Waals surface area contributed by atoms with Crippen molar-refractivity contribution >= 4 is 15.9 Å². The van der Waals surface area contributed by atoms with Crippen LogP contribution in [0.25, 0.3) is 0 Å². The largest absolute Gasteiger partial charge is 0.495 e. The zero-order chi connectivity index (χ0) is 21.6. The highest BCUT2D eigenvalue weighted by molar-refractivity contribution is 7.89. The molecule has 7 nitrogen and oxygen atoms in total. The number of rotatable bonds is 9. The first kappa shape index (κ1) is 22.9. The summed E-state index contributed by atoms with van der Waals surface area (Å²) in [5.41, 5.74) is 2.60. The summed E-state index contributed by atoms with van der Waals surface area (Å²) in [7, 11) is 2.85. The second-order valence-electron chi connectivity index (χ2n) is 6.86. The molecule has 0 heterocycles. The van der Waals surface area contributed by atoms with Crippen molar-refractivity contribution in [2.24, 2.45) is 0 Å². The van der Waals surface area contributed by atoms with E-state index in [0.29, 0.717) is 6.54 Å². The number of nitrogens with zero attached hydrogens (tertiary/aromatic N) is 1. The number of carbonyl (C=O) groups is 1. The third-order valence-electron chi connectivity index (χ3n) is 4.84. The van der Waals surface area contributed by atoms with Gasteiger partial charge in [-0.1, -0.05) is 31.2 Å². The predicted molar refractivity (Wildman–Crippen MR) is 114 cm³/mol. The molecule has 1 atom stereocenters. The lowest BCUT2D eigenvalue weighted by molar-refractivity contribution is 0.0941. The molecule has 158 valence electrons. The van der Waals surface area contributed by atoms with Crippen LogP contribution in [0.15, 0.2) is 47.4 Å². The van der Waals surface area contributed by atoms with Gasteiger partial charge < -0.3 is 15.0 Å². The fourth-order valence-corrected chi connectivity index (χ4v) is 3.92. The minimum absolute atomic E-state index is 0.0105. The highest BCUT2D eigenvalue weighted by atomic mass is 32.2. The summed E-state index contributed by atoms with van der Waals surface area (Å²) in [4.78, 5) is 14.6. The summed E-state index contributed by atoms with van der Waals surface area (Å²) in [5.74, 6) is -0.171. The highest BCUT2D eigenvalue weighted by Crippen LogP contribution is 2.25. The van der Waals surface area contributed by atoms with Crippen LogP contribution in [0.5, 0.6) is 5.75 Å². The Kier molecular flexibility index (Phi) is 7.78. The van der Waals surface area contributed by atoms with Gasteiger partial charge in [0.2, 0.25) is 10.0 Å². The van der Waals surface area contributed by atoms with Crippen LogP contribution in [0.3, 0.4) is 0 Å². The van der Waals surface area contributed by atoms with Gasteiger partial charge in [0.25, 0.3) is 5.91 Å². The Balaban J connectivity index is 2.21. The van der Waals surface area contributed by atoms with Gasteiger partial charge in [0.1, 0.15) is 10.6 Å². The Bertz CT molecular complexity index is 941. The lowest BCUT2D eigenvalue weighted by Crippen LogP contribution is -2.34. The summed E-state index contributed by atoms with van der Waals surface area (Å²) >= 11 is 0. The molecule has 0 radical (unpaired) electrons. The molecule has 0 aliphatic heterocycles. The molecule has 0 spiro atoms. The van der Waals surface area contributed by atoms with Crippen LogP contribution in [0, 0.1) is 0 Å². The molecule has 0 saturated carbocycles. The number of benzene rings is 2. The van der Waals surface area contributed by atoms with E-state index in [1.54, 1.807) is 6.07 Å². The van der Waals surface area contributed by atoms with E-state index in [1.807, 2.05) is 19.0 Å². The number of carbonyl (C=O) groups excluding carboxylic acids is 1. The van der Waals surface area contributed by atoms with E-state index in [2.05, 4.69) is 41.2 Å². The monoisotopic (exact) mass is 419 g/mol. The van der Waals surface area contributed by atoms with Crippen molar-refractivity contribution in [3.05, 3.63) is 59.2 Å². The molecule has 0 aliphatic rings. The van der Waals surface area contributed by atoms with Gasteiger partial charge in [-0.25, -0.2) is 13.1 Å². The van der Waals surface area contributed by atoms with E-state index in [9.17, 15) is 13.2 Å². The van der Waals surface area contributed by atoms with Crippen molar-refractivity contribution in [1.29, 1.82) is 0 Å². The average molecular weight is 420 g/mol. The molecular formula is C21H29N3O4S. The smallest absolute Gasteiger partial charge is 0.251 e. The molecule has 0 aliphatic carbocycles. The zero-order valence-electron chi connectivity index (χ0n) is 17.5. The van der Waals surface area contributed by atoms with Crippen LogP contribution in [0.1, 0.15) is 34.5 Å². The lowest BCUT2D eigenvalue weighted by Gasteiger charge is -2.25. The van der Waals surface area contributed by atoms with Crippen molar-refractivity contribution < 1.29 is 17.9 Å². The summed E-state index contributed by atoms with van der Waals surface area (Å²) in [6.45, 7) is 2.49. The van der Waals surface area contributed by atoms with Crippen LogP contribution < -0.4 is 14.8 Å². The van der Waals surface area contributed by atoms with Gasteiger partial charge in [-0.05, 0) is 56.9 Å². The molecular weight excluding hydrogens is 390 g/mol. The molecule has 2 N–H and O–H groups in total. The van der Waals surface area contributed by atoms with Crippen molar-refractivity contribution in [2.45, 2.75) is 24.3 Å². The number of methoxy groups -OCH3 is 1. The predicted octanol–water partition coefficient (Wildman–Crippen LogP) is 2.20. The minimum Gasteiger partial charge on any atom is -0.495 e. The van der Waals surface area contributed by atoms with Crippen LogP contribution in [-0.4, -0.2) is 54.0 Å². The number of likely N-dealkylation sites (N-methyl/N-ethyl adjacent to an activating group) is 1. The molecule has 0 fully saturated rings. The lowest BCUT2D eigenvalue weighted by atomic mass is 10.0. The van der Waals surface area contributed by atoms with Crippen LogP contribution >= 0.6 is 0 Å². The van der Waals surface area contributed by atoms with Crippen molar-refractivity contribution in [3.8, 4) is 5.75 Å². The van der Waals surface area contributed by atoms with Gasteiger partial charge in [0.15, 0.2) is 0 Å². The van der Waals surface area contributed by atoms with Gasteiger partial charge in [0.05, 0.1) is 13.2 Å². The Morgan fingerprint density at radius 2 is 1.79 bits per heavy atom. The average Bonchev–Trinajstić information content (AvgIpc) is 2.73. The van der Waals surface area contributed by atoms with E-state index >= 15 is 0 Å². The number of amides is 1. The standard InChI is InChI=1S/C21H29N3O4S/c1-6-15-7-9-16(10-8-15)18(24(3)4)14-23-21(25)17-11-12-19(28-5)20(13-17)29(26,27)22-2/h7-13,18,22H,6,14H2,1-5H3,(H,23,25). The first-order chi connectivity index (χ1) is 13.7. The second kappa shape index (κ2) is 9.87. The van der Waals surface area contributed by atoms with Crippen LogP contribution in [0.4, 0.5) is 0 Å². The summed E-state index contributed by atoms with van der Waals surface area (Å²) < 4.78 is 31.8. The Morgan fingerprint density at radius 3 is 2.31 bits per heavy atom. The highest BCUT2D eigenvalue weighted by Gasteiger charge is 2.21. The maximum absolute atomic E-state index is 12.7. The van der Waals surface area contributed by atoms with Gasteiger partial charge in [-0.3, -0.25) is 4.79 Å². The Morgan fingerprint density at radius 1 is 1.14 bits per heavy atom. The van der Waals surface area contributed by atoms with Gasteiger partial charge in [0, 0.05) is 12.1 Å². The summed E-state index contributed by atoms with van der Waals surface area (Å²) in [6, 6.07) is 12.7. The molecule has 0 saturated heterocycles. The number of ether oxygens (including phenoxy) is 1. The first-order valence-electron chi connectivity index (χ1n) is 9.38. The third-order valence-corrected chi connectivity index (χ3v) is 6.27. The van der Waals surface area contributed by atoms with E-state index in [1.165, 1.54) is 31.9 Å². The summed E-state index contributed by atoms with van der Waals surface area (Å²) in [5, 5.41) is 2.90. The van der Waals surface area contributed by atoms with Gasteiger partial charge in [-0.15, -0.1) is 0 Å². The molecule has 2 rings (SSSR count). The molecule has 1 amide bonds. The Labute approximate surface area is 173 Å². The SMILES string of the molecule is CCc1ccc(C(CNC(=O)c2ccc(OC)c(S(=O)(=O)NC)c2)N(C)C)cc1. The van der Waals surface area contributed by atoms with Crippen molar-refractivity contribution in [3.63, 3.8) is 0 Å². The molecule has 29 heavy (non-hydrogen) atoms. The van der Waals surface area contributed by atoms with E-state index in [0.717, 1.165) is 12.0 Å². The number of hydrogen-bond donors (Lipinski definition) is 2. The van der Waals surface area contributed by atoms with E-state index in [-0.39, 0.29) is 28.2 Å². The molecule has 0 aromatic heterocycles. The molecule has 2 aromatic carbocycles. The molecule has 2 aromatic rings. The van der Waals surface area contributed by atoms with Crippen molar-refractivity contribution in [2.75, 3.05) is 34.8 Å². The van der Waals surface area contributed by atoms with Gasteiger partial charge in [-0.2, -0.15) is 0 Å². The number of sulfonamides is 1. The topological polar surface area (TPSA) is 87.7 Å². The first-order valence-corrected chi connectivity index (χ1v) is 10.9. The Hall–Kier alpha value is -2.42. The second-order valence-corrected chi connectivity index (χ2v) is 8.71. The van der Waals surface area contributed by atoms with E-state index in [4.69, 9.17) is 4.74 Å². The quantitative estimate of drug-likeness (QED) is 0.651. The number of aryl methyl sites for hydroxylation is 1. The van der Waals surface area contributed by atoms with Crippen molar-refractivity contribution in [1.82, 2.24) is 14.9 Å². The minimum atomic E-state index is -3.75.